The predicted molar refractivity (Wildman–Crippen MR) is 96.8 cm³/mol. The second-order valence-corrected chi connectivity index (χ2v) is 7.00. The van der Waals surface area contributed by atoms with Crippen molar-refractivity contribution in [3.05, 3.63) is 39.8 Å². The summed E-state index contributed by atoms with van der Waals surface area (Å²) < 4.78 is 1.75. The molecule has 1 aliphatic carbocycles. The number of hydrogen-bond donors (Lipinski definition) is 2. The molecule has 8 heteroatoms. The van der Waals surface area contributed by atoms with Crippen molar-refractivity contribution in [2.24, 2.45) is 5.92 Å². The van der Waals surface area contributed by atoms with Crippen LogP contribution < -0.4 is 10.9 Å². The Bertz CT molecular complexity index is 791. The number of aromatic amines is 1. The van der Waals surface area contributed by atoms with Gasteiger partial charge in [-0.1, -0.05) is 37.3 Å². The molecule has 2 heterocycles. The molecule has 1 fully saturated rings. The van der Waals surface area contributed by atoms with Crippen LogP contribution in [0.5, 0.6) is 0 Å². The fraction of sp³-hybridized carbons (Fsp3) is 0.611. The molecular formula is C18H26N6O2. The van der Waals surface area contributed by atoms with Crippen LogP contribution in [0.2, 0.25) is 0 Å². The maximum atomic E-state index is 12.2. The largest absolute Gasteiger partial charge is 0.350 e. The van der Waals surface area contributed by atoms with Crippen LogP contribution in [-0.4, -0.2) is 37.4 Å². The van der Waals surface area contributed by atoms with Crippen molar-refractivity contribution in [2.45, 2.75) is 58.4 Å². The summed E-state index contributed by atoms with van der Waals surface area (Å²) in [5.41, 5.74) is 0.801. The van der Waals surface area contributed by atoms with Crippen LogP contribution in [0.4, 0.5) is 0 Å². The van der Waals surface area contributed by atoms with E-state index >= 15 is 0 Å². The summed E-state index contributed by atoms with van der Waals surface area (Å²) in [7, 11) is 0. The number of carbonyl (C=O) groups is 1. The quantitative estimate of drug-likeness (QED) is 0.782. The van der Waals surface area contributed by atoms with Crippen molar-refractivity contribution in [3.8, 4) is 0 Å². The molecule has 0 saturated heterocycles. The van der Waals surface area contributed by atoms with Crippen molar-refractivity contribution in [1.82, 2.24) is 30.3 Å². The number of aryl methyl sites for hydroxylation is 2. The molecule has 26 heavy (non-hydrogen) atoms. The Balaban J connectivity index is 1.44. The van der Waals surface area contributed by atoms with Gasteiger partial charge >= 0.3 is 0 Å². The summed E-state index contributed by atoms with van der Waals surface area (Å²) in [6.45, 7) is 2.95. The van der Waals surface area contributed by atoms with Gasteiger partial charge in [-0.25, -0.2) is 4.98 Å². The maximum absolute atomic E-state index is 12.2. The molecule has 8 nitrogen and oxygen atoms in total. The van der Waals surface area contributed by atoms with Gasteiger partial charge in [-0.3, -0.25) is 14.3 Å². The van der Waals surface area contributed by atoms with Gasteiger partial charge in [-0.05, 0) is 19.3 Å². The zero-order chi connectivity index (χ0) is 18.4. The molecular weight excluding hydrogens is 332 g/mol. The molecule has 2 aromatic heterocycles. The molecule has 0 spiro atoms. The fourth-order valence-corrected chi connectivity index (χ4v) is 3.45. The van der Waals surface area contributed by atoms with Gasteiger partial charge in [0.2, 0.25) is 0 Å². The van der Waals surface area contributed by atoms with Gasteiger partial charge in [0.1, 0.15) is 5.82 Å². The highest BCUT2D eigenvalue weighted by Gasteiger charge is 2.15. The normalized spacial score (nSPS) is 15.1. The summed E-state index contributed by atoms with van der Waals surface area (Å²) in [5, 5.41) is 10.8. The van der Waals surface area contributed by atoms with E-state index in [9.17, 15) is 9.59 Å². The standard InChI is InChI=1S/C18H26N6O2/c1-13-11-17(25)21-16(20-13)7-9-19-18(26)15-12-24(23-22-15)10-8-14-5-3-2-4-6-14/h11-12,14H,2-10H2,1H3,(H,19,26)(H,20,21,25). The first-order valence-electron chi connectivity index (χ1n) is 9.35. The minimum absolute atomic E-state index is 0.181. The predicted octanol–water partition coefficient (Wildman–Crippen LogP) is 1.61. The number of nitrogens with zero attached hydrogens (tertiary/aromatic N) is 4. The molecule has 0 atom stereocenters. The summed E-state index contributed by atoms with van der Waals surface area (Å²) in [6.07, 6.45) is 9.87. The molecule has 140 valence electrons. The molecule has 0 aromatic carbocycles. The fourth-order valence-electron chi connectivity index (χ4n) is 3.45. The molecule has 3 rings (SSSR count). The minimum atomic E-state index is -0.260. The van der Waals surface area contributed by atoms with E-state index in [-0.39, 0.29) is 11.5 Å². The molecule has 1 saturated carbocycles. The lowest BCUT2D eigenvalue weighted by Crippen LogP contribution is -2.27. The Morgan fingerprint density at radius 3 is 2.92 bits per heavy atom. The molecule has 0 bridgehead atoms. The average molecular weight is 358 g/mol. The highest BCUT2D eigenvalue weighted by atomic mass is 16.2. The van der Waals surface area contributed by atoms with Crippen LogP contribution in [-0.2, 0) is 13.0 Å². The van der Waals surface area contributed by atoms with E-state index in [1.165, 1.54) is 38.2 Å². The average Bonchev–Trinajstić information content (AvgIpc) is 3.09. The second-order valence-electron chi connectivity index (χ2n) is 7.00. The van der Waals surface area contributed by atoms with Crippen LogP contribution in [0.1, 0.15) is 60.5 Å². The van der Waals surface area contributed by atoms with E-state index in [1.807, 2.05) is 0 Å². The number of aromatic nitrogens is 5. The molecule has 2 aromatic rings. The van der Waals surface area contributed by atoms with Crippen molar-refractivity contribution >= 4 is 5.91 Å². The lowest BCUT2D eigenvalue weighted by atomic mass is 9.87. The van der Waals surface area contributed by atoms with Crippen molar-refractivity contribution in [2.75, 3.05) is 6.54 Å². The first kappa shape index (κ1) is 18.3. The maximum Gasteiger partial charge on any atom is 0.273 e. The van der Waals surface area contributed by atoms with Crippen LogP contribution in [0.15, 0.2) is 17.1 Å². The number of hydrogen-bond acceptors (Lipinski definition) is 5. The van der Waals surface area contributed by atoms with Gasteiger partial charge in [-0.2, -0.15) is 0 Å². The lowest BCUT2D eigenvalue weighted by Gasteiger charge is -2.20. The van der Waals surface area contributed by atoms with Crippen LogP contribution in [0, 0.1) is 12.8 Å². The second kappa shape index (κ2) is 8.73. The minimum Gasteiger partial charge on any atom is -0.350 e. The van der Waals surface area contributed by atoms with Gasteiger partial charge in [0.25, 0.3) is 11.5 Å². The molecule has 0 radical (unpaired) electrons. The van der Waals surface area contributed by atoms with Crippen molar-refractivity contribution in [3.63, 3.8) is 0 Å². The van der Waals surface area contributed by atoms with Crippen molar-refractivity contribution in [1.29, 1.82) is 0 Å². The van der Waals surface area contributed by atoms with Gasteiger partial charge in [0.05, 0.1) is 6.20 Å². The number of H-pyrrole nitrogens is 1. The Morgan fingerprint density at radius 1 is 1.35 bits per heavy atom. The van der Waals surface area contributed by atoms with E-state index < -0.39 is 0 Å². The third-order valence-electron chi connectivity index (χ3n) is 4.83. The van der Waals surface area contributed by atoms with Gasteiger partial charge < -0.3 is 10.3 Å². The highest BCUT2D eigenvalue weighted by molar-refractivity contribution is 5.91. The lowest BCUT2D eigenvalue weighted by molar-refractivity contribution is 0.0949. The van der Waals surface area contributed by atoms with E-state index in [4.69, 9.17) is 0 Å². The molecule has 1 amide bonds. The van der Waals surface area contributed by atoms with Crippen LogP contribution >= 0.6 is 0 Å². The molecule has 0 aliphatic heterocycles. The van der Waals surface area contributed by atoms with E-state index in [2.05, 4.69) is 25.6 Å². The Kier molecular flexibility index (Phi) is 6.14. The van der Waals surface area contributed by atoms with Gasteiger partial charge in [0.15, 0.2) is 5.69 Å². The van der Waals surface area contributed by atoms with E-state index in [0.29, 0.717) is 30.2 Å². The highest BCUT2D eigenvalue weighted by Crippen LogP contribution is 2.26. The Hall–Kier alpha value is -2.51. The Labute approximate surface area is 152 Å². The zero-order valence-corrected chi connectivity index (χ0v) is 15.2. The van der Waals surface area contributed by atoms with Crippen LogP contribution in [0.3, 0.4) is 0 Å². The van der Waals surface area contributed by atoms with Crippen molar-refractivity contribution < 1.29 is 4.79 Å². The van der Waals surface area contributed by atoms with E-state index in [0.717, 1.165) is 18.9 Å². The summed E-state index contributed by atoms with van der Waals surface area (Å²) in [6, 6.07) is 1.44. The Morgan fingerprint density at radius 2 is 2.15 bits per heavy atom. The smallest absolute Gasteiger partial charge is 0.273 e. The number of rotatable bonds is 7. The first-order valence-corrected chi connectivity index (χ1v) is 9.35. The van der Waals surface area contributed by atoms with Crippen LogP contribution in [0.25, 0.3) is 0 Å². The third kappa shape index (κ3) is 5.24. The summed E-state index contributed by atoms with van der Waals surface area (Å²) in [4.78, 5) is 30.5. The summed E-state index contributed by atoms with van der Waals surface area (Å²) >= 11 is 0. The SMILES string of the molecule is Cc1cc(=O)[nH]c(CCNC(=O)c2cn(CCC3CCCCC3)nn2)n1. The summed E-state index contributed by atoms with van der Waals surface area (Å²) in [5.74, 6) is 1.07. The monoisotopic (exact) mass is 358 g/mol. The number of nitrogens with one attached hydrogen (secondary N) is 2. The topological polar surface area (TPSA) is 106 Å². The third-order valence-corrected chi connectivity index (χ3v) is 4.83. The first-order chi connectivity index (χ1) is 12.6. The number of carbonyl (C=O) groups excluding carboxylic acids is 1. The van der Waals surface area contributed by atoms with E-state index in [1.54, 1.807) is 17.8 Å². The number of amides is 1. The van der Waals surface area contributed by atoms with Gasteiger partial charge in [0, 0.05) is 31.3 Å². The van der Waals surface area contributed by atoms with Gasteiger partial charge in [-0.15, -0.1) is 5.10 Å². The molecule has 2 N–H and O–H groups in total. The molecule has 0 unspecified atom stereocenters. The molecule has 1 aliphatic rings. The zero-order valence-electron chi connectivity index (χ0n) is 15.2.